The molecule has 0 radical (unpaired) electrons. The molecule has 2 aromatic rings. The van der Waals surface area contributed by atoms with E-state index in [1.165, 1.54) is 12.1 Å². The minimum absolute atomic E-state index is 0.210. The van der Waals surface area contributed by atoms with Gasteiger partial charge >= 0.3 is 6.18 Å². The lowest BCUT2D eigenvalue weighted by atomic mass is 9.95. The fourth-order valence-corrected chi connectivity index (χ4v) is 2.49. The Morgan fingerprint density at radius 3 is 2.52 bits per heavy atom. The number of carbonyl (C=O) groups excluding carboxylic acids is 1. The van der Waals surface area contributed by atoms with E-state index in [0.717, 1.165) is 6.07 Å². The number of hydrogen-bond donors (Lipinski definition) is 2. The van der Waals surface area contributed by atoms with Gasteiger partial charge in [-0.25, -0.2) is 0 Å². The van der Waals surface area contributed by atoms with Crippen LogP contribution in [0.1, 0.15) is 21.5 Å². The molecule has 6 heteroatoms. The zero-order valence-corrected chi connectivity index (χ0v) is 10.8. The van der Waals surface area contributed by atoms with Gasteiger partial charge in [0.1, 0.15) is 0 Å². The largest absolute Gasteiger partial charge is 0.418 e. The monoisotopic (exact) mass is 292 g/mol. The van der Waals surface area contributed by atoms with E-state index >= 15 is 0 Å². The highest BCUT2D eigenvalue weighted by Gasteiger charge is 2.33. The highest BCUT2D eigenvalue weighted by Crippen LogP contribution is 2.37. The molecule has 1 heterocycles. The van der Waals surface area contributed by atoms with Crippen LogP contribution in [0.25, 0.3) is 11.1 Å². The van der Waals surface area contributed by atoms with Gasteiger partial charge in [0.25, 0.3) is 5.91 Å². The van der Waals surface area contributed by atoms with E-state index in [9.17, 15) is 18.0 Å². The van der Waals surface area contributed by atoms with Gasteiger partial charge in [-0.05, 0) is 34.9 Å². The van der Waals surface area contributed by atoms with Gasteiger partial charge in [0, 0.05) is 17.8 Å². The Morgan fingerprint density at radius 2 is 1.81 bits per heavy atom. The number of carbonyl (C=O) groups is 1. The SMILES string of the molecule is Nc1ccc(-c2cccc3c2CNC3=O)cc1C(F)(F)F. The molecule has 0 saturated heterocycles. The summed E-state index contributed by atoms with van der Waals surface area (Å²) in [5.74, 6) is -0.210. The Labute approximate surface area is 118 Å². The Kier molecular flexibility index (Phi) is 2.90. The van der Waals surface area contributed by atoms with Crippen molar-refractivity contribution in [1.29, 1.82) is 0 Å². The van der Waals surface area contributed by atoms with E-state index in [0.29, 0.717) is 28.8 Å². The molecule has 108 valence electrons. The summed E-state index contributed by atoms with van der Waals surface area (Å²) in [6.45, 7) is 0.316. The molecular weight excluding hydrogens is 281 g/mol. The molecule has 3 N–H and O–H groups in total. The van der Waals surface area contributed by atoms with Crippen molar-refractivity contribution < 1.29 is 18.0 Å². The zero-order chi connectivity index (χ0) is 15.2. The second-order valence-corrected chi connectivity index (χ2v) is 4.81. The van der Waals surface area contributed by atoms with E-state index in [1.807, 2.05) is 0 Å². The molecule has 0 saturated carbocycles. The third-order valence-corrected chi connectivity index (χ3v) is 3.52. The summed E-state index contributed by atoms with van der Waals surface area (Å²) in [6, 6.07) is 8.80. The molecule has 1 aliphatic rings. The Morgan fingerprint density at radius 1 is 1.10 bits per heavy atom. The van der Waals surface area contributed by atoms with Crippen molar-refractivity contribution in [3.05, 3.63) is 53.1 Å². The average Bonchev–Trinajstić information content (AvgIpc) is 2.80. The number of nitrogens with one attached hydrogen (secondary N) is 1. The van der Waals surface area contributed by atoms with E-state index in [2.05, 4.69) is 5.32 Å². The van der Waals surface area contributed by atoms with Crippen molar-refractivity contribution in [2.75, 3.05) is 5.73 Å². The van der Waals surface area contributed by atoms with Gasteiger partial charge in [-0.3, -0.25) is 4.79 Å². The van der Waals surface area contributed by atoms with Crippen LogP contribution in [-0.2, 0) is 12.7 Å². The van der Waals surface area contributed by atoms with Crippen molar-refractivity contribution in [2.24, 2.45) is 0 Å². The number of nitrogens with two attached hydrogens (primary N) is 1. The van der Waals surface area contributed by atoms with Crippen LogP contribution in [0.15, 0.2) is 36.4 Å². The molecule has 3 rings (SSSR count). The molecule has 0 atom stereocenters. The standard InChI is InChI=1S/C15H11F3N2O/c16-15(17,18)12-6-8(4-5-13(12)19)9-2-1-3-10-11(9)7-20-14(10)21/h1-6H,7,19H2,(H,20,21). The molecule has 3 nitrogen and oxygen atoms in total. The number of amides is 1. The number of nitrogen functional groups attached to an aromatic ring is 1. The number of alkyl halides is 3. The minimum Gasteiger partial charge on any atom is -0.398 e. The van der Waals surface area contributed by atoms with Crippen LogP contribution < -0.4 is 11.1 Å². The summed E-state index contributed by atoms with van der Waals surface area (Å²) in [5, 5.41) is 2.67. The summed E-state index contributed by atoms with van der Waals surface area (Å²) < 4.78 is 38.8. The molecule has 21 heavy (non-hydrogen) atoms. The van der Waals surface area contributed by atoms with Gasteiger partial charge in [-0.2, -0.15) is 13.2 Å². The summed E-state index contributed by atoms with van der Waals surface area (Å²) in [4.78, 5) is 11.6. The first-order chi connectivity index (χ1) is 9.88. The maximum atomic E-state index is 12.9. The Balaban J connectivity index is 2.17. The summed E-state index contributed by atoms with van der Waals surface area (Å²) in [5.41, 5.74) is 6.43. The highest BCUT2D eigenvalue weighted by molar-refractivity contribution is 6.00. The molecule has 0 bridgehead atoms. The first-order valence-electron chi connectivity index (χ1n) is 6.25. The van der Waals surface area contributed by atoms with Gasteiger partial charge in [0.05, 0.1) is 5.56 Å². The minimum atomic E-state index is -4.51. The van der Waals surface area contributed by atoms with E-state index in [-0.39, 0.29) is 11.6 Å². The smallest absolute Gasteiger partial charge is 0.398 e. The number of fused-ring (bicyclic) bond motifs is 1. The molecular formula is C15H11F3N2O. The summed E-state index contributed by atoms with van der Waals surface area (Å²) >= 11 is 0. The molecule has 0 fully saturated rings. The van der Waals surface area contributed by atoms with Crippen molar-refractivity contribution in [3.63, 3.8) is 0 Å². The third-order valence-electron chi connectivity index (χ3n) is 3.52. The van der Waals surface area contributed by atoms with Crippen LogP contribution in [0.2, 0.25) is 0 Å². The van der Waals surface area contributed by atoms with Gasteiger partial charge in [0.15, 0.2) is 0 Å². The second-order valence-electron chi connectivity index (χ2n) is 4.81. The average molecular weight is 292 g/mol. The third kappa shape index (κ3) is 2.22. The zero-order valence-electron chi connectivity index (χ0n) is 10.8. The molecule has 0 aromatic heterocycles. The lowest BCUT2D eigenvalue weighted by Crippen LogP contribution is -2.12. The number of anilines is 1. The van der Waals surface area contributed by atoms with Gasteiger partial charge in [-0.1, -0.05) is 18.2 Å². The van der Waals surface area contributed by atoms with Gasteiger partial charge in [0.2, 0.25) is 0 Å². The molecule has 0 unspecified atom stereocenters. The fraction of sp³-hybridized carbons (Fsp3) is 0.133. The predicted molar refractivity (Wildman–Crippen MR) is 72.5 cm³/mol. The number of benzene rings is 2. The molecule has 2 aromatic carbocycles. The number of rotatable bonds is 1. The topological polar surface area (TPSA) is 55.1 Å². The van der Waals surface area contributed by atoms with Crippen LogP contribution >= 0.6 is 0 Å². The van der Waals surface area contributed by atoms with Crippen LogP contribution in [0.5, 0.6) is 0 Å². The molecule has 0 aliphatic carbocycles. The lowest BCUT2D eigenvalue weighted by Gasteiger charge is -2.13. The quantitative estimate of drug-likeness (QED) is 0.793. The molecule has 0 spiro atoms. The summed E-state index contributed by atoms with van der Waals surface area (Å²) in [7, 11) is 0. The maximum Gasteiger partial charge on any atom is 0.418 e. The second kappa shape index (κ2) is 4.51. The predicted octanol–water partition coefficient (Wildman–Crippen LogP) is 3.20. The van der Waals surface area contributed by atoms with Crippen molar-refractivity contribution in [2.45, 2.75) is 12.7 Å². The van der Waals surface area contributed by atoms with E-state index in [1.54, 1.807) is 18.2 Å². The van der Waals surface area contributed by atoms with Crippen molar-refractivity contribution in [3.8, 4) is 11.1 Å². The first-order valence-corrected chi connectivity index (χ1v) is 6.25. The highest BCUT2D eigenvalue weighted by atomic mass is 19.4. The van der Waals surface area contributed by atoms with E-state index in [4.69, 9.17) is 5.73 Å². The van der Waals surface area contributed by atoms with Gasteiger partial charge < -0.3 is 11.1 Å². The van der Waals surface area contributed by atoms with Crippen LogP contribution in [0.3, 0.4) is 0 Å². The van der Waals surface area contributed by atoms with Crippen LogP contribution in [0.4, 0.5) is 18.9 Å². The number of hydrogen-bond acceptors (Lipinski definition) is 2. The lowest BCUT2D eigenvalue weighted by molar-refractivity contribution is -0.136. The fourth-order valence-electron chi connectivity index (χ4n) is 2.49. The van der Waals surface area contributed by atoms with Crippen LogP contribution in [-0.4, -0.2) is 5.91 Å². The van der Waals surface area contributed by atoms with Gasteiger partial charge in [-0.15, -0.1) is 0 Å². The number of halogens is 3. The Bertz CT molecular complexity index is 738. The van der Waals surface area contributed by atoms with Crippen molar-refractivity contribution in [1.82, 2.24) is 5.32 Å². The maximum absolute atomic E-state index is 12.9. The van der Waals surface area contributed by atoms with E-state index < -0.39 is 11.7 Å². The Hall–Kier alpha value is -2.50. The first kappa shape index (κ1) is 13.5. The molecule has 1 amide bonds. The van der Waals surface area contributed by atoms with Crippen molar-refractivity contribution >= 4 is 11.6 Å². The van der Waals surface area contributed by atoms with Crippen LogP contribution in [0, 0.1) is 0 Å². The normalized spacial score (nSPS) is 14.0. The molecule has 1 aliphatic heterocycles. The summed E-state index contributed by atoms with van der Waals surface area (Å²) in [6.07, 6.45) is -4.51.